The lowest BCUT2D eigenvalue weighted by Crippen LogP contribution is -2.08. The smallest absolute Gasteiger partial charge is 0.122 e. The zero-order chi connectivity index (χ0) is 14.2. The highest BCUT2D eigenvalue weighted by atomic mass is 35.5. The van der Waals surface area contributed by atoms with E-state index >= 15 is 0 Å². The van der Waals surface area contributed by atoms with E-state index in [0.29, 0.717) is 18.2 Å². The van der Waals surface area contributed by atoms with Gasteiger partial charge in [0.15, 0.2) is 0 Å². The molecule has 0 saturated carbocycles. The van der Waals surface area contributed by atoms with Crippen LogP contribution in [0.2, 0.25) is 5.02 Å². The fourth-order valence-corrected chi connectivity index (χ4v) is 1.69. The minimum Gasteiger partial charge on any atom is -0.490 e. The van der Waals surface area contributed by atoms with Gasteiger partial charge in [0, 0.05) is 5.02 Å². The molecule has 2 aromatic carbocycles. The molecule has 2 rings (SSSR count). The molecule has 0 aliphatic rings. The normalized spacial score (nSPS) is 10.7. The monoisotopic (exact) mass is 291 g/mol. The number of ether oxygens (including phenoxy) is 2. The predicted octanol–water partition coefficient (Wildman–Crippen LogP) is 3.61. The second kappa shape index (κ2) is 7.40. The van der Waals surface area contributed by atoms with Gasteiger partial charge >= 0.3 is 0 Å². The summed E-state index contributed by atoms with van der Waals surface area (Å²) in [4.78, 5) is 0. The minimum absolute atomic E-state index is 0.441. The van der Waals surface area contributed by atoms with Crippen molar-refractivity contribution in [1.82, 2.24) is 0 Å². The molecule has 0 fully saturated rings. The summed E-state index contributed by atoms with van der Waals surface area (Å²) >= 11 is 5.78. The van der Waals surface area contributed by atoms with E-state index in [1.807, 2.05) is 12.1 Å². The first kappa shape index (κ1) is 14.2. The van der Waals surface area contributed by atoms with Crippen LogP contribution in [0.5, 0.6) is 11.5 Å². The van der Waals surface area contributed by atoms with Crippen molar-refractivity contribution in [2.75, 3.05) is 13.2 Å². The molecule has 0 aliphatic heterocycles. The summed E-state index contributed by atoms with van der Waals surface area (Å²) in [5.41, 5.74) is 0.803. The van der Waals surface area contributed by atoms with Crippen LogP contribution in [0.15, 0.2) is 53.7 Å². The van der Waals surface area contributed by atoms with E-state index in [9.17, 15) is 0 Å². The van der Waals surface area contributed by atoms with Crippen molar-refractivity contribution < 1.29 is 14.7 Å². The quantitative estimate of drug-likeness (QED) is 0.383. The molecule has 0 atom stereocenters. The van der Waals surface area contributed by atoms with E-state index in [2.05, 4.69) is 5.16 Å². The fourth-order valence-electron chi connectivity index (χ4n) is 1.57. The van der Waals surface area contributed by atoms with Crippen LogP contribution in [-0.2, 0) is 0 Å². The maximum Gasteiger partial charge on any atom is 0.122 e. The largest absolute Gasteiger partial charge is 0.490 e. The van der Waals surface area contributed by atoms with Crippen LogP contribution >= 0.6 is 11.6 Å². The van der Waals surface area contributed by atoms with Gasteiger partial charge in [0.05, 0.1) is 6.21 Å². The molecule has 0 amide bonds. The minimum atomic E-state index is 0.441. The molecule has 0 spiro atoms. The Labute approximate surface area is 122 Å². The van der Waals surface area contributed by atoms with Crippen molar-refractivity contribution in [3.05, 3.63) is 59.1 Å². The number of hydrogen-bond donors (Lipinski definition) is 1. The maximum absolute atomic E-state index is 8.40. The van der Waals surface area contributed by atoms with E-state index in [4.69, 9.17) is 26.3 Å². The number of benzene rings is 2. The van der Waals surface area contributed by atoms with Crippen molar-refractivity contribution in [3.63, 3.8) is 0 Å². The van der Waals surface area contributed by atoms with E-state index < -0.39 is 0 Å². The van der Waals surface area contributed by atoms with Gasteiger partial charge in [0.25, 0.3) is 0 Å². The molecule has 1 N–H and O–H groups in total. The molecule has 5 heteroatoms. The van der Waals surface area contributed by atoms with E-state index in [-0.39, 0.29) is 0 Å². The van der Waals surface area contributed by atoms with Crippen LogP contribution in [0.1, 0.15) is 5.56 Å². The Hall–Kier alpha value is -2.20. The summed E-state index contributed by atoms with van der Waals surface area (Å²) in [5.74, 6) is 1.49. The average Bonchev–Trinajstić information content (AvgIpc) is 2.47. The number of oxime groups is 1. The molecule has 0 saturated heterocycles. The summed E-state index contributed by atoms with van der Waals surface area (Å²) in [6.45, 7) is 0.886. The summed E-state index contributed by atoms with van der Waals surface area (Å²) in [6.07, 6.45) is 1.35. The molecule has 0 unspecified atom stereocenters. The first-order valence-electron chi connectivity index (χ1n) is 6.06. The van der Waals surface area contributed by atoms with Gasteiger partial charge in [0.1, 0.15) is 24.7 Å². The Balaban J connectivity index is 1.74. The Morgan fingerprint density at radius 2 is 1.40 bits per heavy atom. The van der Waals surface area contributed by atoms with Crippen molar-refractivity contribution in [2.45, 2.75) is 0 Å². The molecule has 0 aromatic heterocycles. The third-order valence-electron chi connectivity index (χ3n) is 2.52. The lowest BCUT2D eigenvalue weighted by atomic mass is 10.2. The Kier molecular flexibility index (Phi) is 5.26. The topological polar surface area (TPSA) is 51.1 Å². The SMILES string of the molecule is ON=Cc1ccc(OCCOc2ccc(Cl)cc2)cc1. The Morgan fingerprint density at radius 1 is 0.900 bits per heavy atom. The maximum atomic E-state index is 8.40. The third-order valence-corrected chi connectivity index (χ3v) is 2.77. The zero-order valence-corrected chi connectivity index (χ0v) is 11.5. The van der Waals surface area contributed by atoms with Gasteiger partial charge in [-0.1, -0.05) is 16.8 Å². The van der Waals surface area contributed by atoms with Crippen molar-refractivity contribution >= 4 is 17.8 Å². The van der Waals surface area contributed by atoms with Crippen LogP contribution in [-0.4, -0.2) is 24.6 Å². The highest BCUT2D eigenvalue weighted by molar-refractivity contribution is 6.30. The van der Waals surface area contributed by atoms with Crippen LogP contribution in [0.3, 0.4) is 0 Å². The molecule has 2 aromatic rings. The second-order valence-electron chi connectivity index (χ2n) is 3.96. The first-order valence-corrected chi connectivity index (χ1v) is 6.44. The molecular formula is C15H14ClNO3. The molecule has 0 heterocycles. The molecular weight excluding hydrogens is 278 g/mol. The van der Waals surface area contributed by atoms with Crippen LogP contribution in [0, 0.1) is 0 Å². The molecule has 20 heavy (non-hydrogen) atoms. The van der Waals surface area contributed by atoms with Crippen molar-refractivity contribution in [3.8, 4) is 11.5 Å². The van der Waals surface area contributed by atoms with E-state index in [1.54, 1.807) is 36.4 Å². The zero-order valence-electron chi connectivity index (χ0n) is 10.7. The van der Waals surface area contributed by atoms with Crippen LogP contribution in [0.4, 0.5) is 0 Å². The molecule has 0 radical (unpaired) electrons. The lowest BCUT2D eigenvalue weighted by molar-refractivity contribution is 0.217. The number of nitrogens with zero attached hydrogens (tertiary/aromatic N) is 1. The number of halogens is 1. The molecule has 0 bridgehead atoms. The van der Waals surface area contributed by atoms with Crippen molar-refractivity contribution in [2.24, 2.45) is 5.16 Å². The number of rotatable bonds is 6. The van der Waals surface area contributed by atoms with Crippen LogP contribution in [0.25, 0.3) is 0 Å². The standard InChI is InChI=1S/C15H14ClNO3/c16-13-3-7-15(8-4-13)20-10-9-19-14-5-1-12(2-6-14)11-17-18/h1-8,11,18H,9-10H2. The van der Waals surface area contributed by atoms with E-state index in [1.165, 1.54) is 6.21 Å². The molecule has 4 nitrogen and oxygen atoms in total. The third kappa shape index (κ3) is 4.48. The fraction of sp³-hybridized carbons (Fsp3) is 0.133. The Morgan fingerprint density at radius 3 is 1.90 bits per heavy atom. The number of hydrogen-bond acceptors (Lipinski definition) is 4. The van der Waals surface area contributed by atoms with Gasteiger partial charge in [-0.15, -0.1) is 0 Å². The average molecular weight is 292 g/mol. The summed E-state index contributed by atoms with van der Waals surface area (Å²) in [5, 5.41) is 12.0. The van der Waals surface area contributed by atoms with Gasteiger partial charge in [-0.25, -0.2) is 0 Å². The van der Waals surface area contributed by atoms with Gasteiger partial charge in [0.2, 0.25) is 0 Å². The summed E-state index contributed by atoms with van der Waals surface area (Å²) in [7, 11) is 0. The first-order chi connectivity index (χ1) is 9.78. The van der Waals surface area contributed by atoms with Gasteiger partial charge in [-0.05, 0) is 54.1 Å². The Bertz CT molecular complexity index is 552. The predicted molar refractivity (Wildman–Crippen MR) is 78.3 cm³/mol. The lowest BCUT2D eigenvalue weighted by Gasteiger charge is -2.08. The van der Waals surface area contributed by atoms with Gasteiger partial charge < -0.3 is 14.7 Å². The van der Waals surface area contributed by atoms with E-state index in [0.717, 1.165) is 17.1 Å². The summed E-state index contributed by atoms with van der Waals surface area (Å²) < 4.78 is 11.0. The highest BCUT2D eigenvalue weighted by Gasteiger charge is 1.96. The van der Waals surface area contributed by atoms with Crippen molar-refractivity contribution in [1.29, 1.82) is 0 Å². The highest BCUT2D eigenvalue weighted by Crippen LogP contribution is 2.15. The van der Waals surface area contributed by atoms with Gasteiger partial charge in [-0.2, -0.15) is 0 Å². The molecule has 0 aliphatic carbocycles. The second-order valence-corrected chi connectivity index (χ2v) is 4.40. The molecule has 104 valence electrons. The van der Waals surface area contributed by atoms with Gasteiger partial charge in [-0.3, -0.25) is 0 Å². The van der Waals surface area contributed by atoms with Crippen LogP contribution < -0.4 is 9.47 Å². The summed E-state index contributed by atoms with van der Waals surface area (Å²) in [6, 6.07) is 14.4.